The lowest BCUT2D eigenvalue weighted by molar-refractivity contribution is -0.274. The van der Waals surface area contributed by atoms with Crippen LogP contribution in [-0.2, 0) is 16.0 Å². The summed E-state index contributed by atoms with van der Waals surface area (Å²) in [5.41, 5.74) is 0.326. The van der Waals surface area contributed by atoms with E-state index in [1.54, 1.807) is 13.0 Å². The Morgan fingerprint density at radius 3 is 2.67 bits per heavy atom. The molecule has 0 spiro atoms. The molecule has 2 aromatic rings. The lowest BCUT2D eigenvalue weighted by atomic mass is 10.2. The number of carbonyl (C=O) groups excluding carboxylic acids is 1. The Hall–Kier alpha value is -2.68. The van der Waals surface area contributed by atoms with Crippen molar-refractivity contribution in [1.82, 2.24) is 9.78 Å². The molecular formula is C17H16ClF3N2O4. The topological polar surface area (TPSA) is 62.6 Å². The van der Waals surface area contributed by atoms with E-state index in [0.717, 1.165) is 0 Å². The molecule has 0 aliphatic heterocycles. The van der Waals surface area contributed by atoms with Crippen LogP contribution in [-0.4, -0.2) is 35.8 Å². The summed E-state index contributed by atoms with van der Waals surface area (Å²) in [6.07, 6.45) is -2.14. The number of halogens is 4. The normalized spacial score (nSPS) is 11.6. The van der Waals surface area contributed by atoms with Crippen LogP contribution in [0.2, 0.25) is 5.15 Å². The van der Waals surface area contributed by atoms with Crippen LogP contribution in [0.4, 0.5) is 13.2 Å². The Kier molecular flexibility index (Phi) is 6.73. The van der Waals surface area contributed by atoms with Gasteiger partial charge in [0.1, 0.15) is 10.9 Å². The molecule has 0 unspecified atom stereocenters. The summed E-state index contributed by atoms with van der Waals surface area (Å²) in [4.78, 5) is 12.1. The summed E-state index contributed by atoms with van der Waals surface area (Å²) >= 11 is 6.27. The Morgan fingerprint density at radius 1 is 1.33 bits per heavy atom. The molecule has 6 nitrogen and oxygen atoms in total. The minimum absolute atomic E-state index is 0.0353. The van der Waals surface area contributed by atoms with Gasteiger partial charge in [0.15, 0.2) is 5.69 Å². The quantitative estimate of drug-likeness (QED) is 0.509. The number of para-hydroxylation sites is 1. The largest absolute Gasteiger partial charge is 0.573 e. The number of esters is 1. The monoisotopic (exact) mass is 404 g/mol. The van der Waals surface area contributed by atoms with E-state index < -0.39 is 12.3 Å². The van der Waals surface area contributed by atoms with E-state index in [1.165, 1.54) is 42.3 Å². The van der Waals surface area contributed by atoms with E-state index in [-0.39, 0.29) is 40.9 Å². The fourth-order valence-corrected chi connectivity index (χ4v) is 2.46. The van der Waals surface area contributed by atoms with Crippen molar-refractivity contribution in [2.24, 2.45) is 0 Å². The molecule has 2 rings (SSSR count). The molecule has 1 heterocycles. The molecule has 1 aromatic carbocycles. The first kappa shape index (κ1) is 20.6. The third-order valence-corrected chi connectivity index (χ3v) is 3.68. The van der Waals surface area contributed by atoms with Crippen LogP contribution >= 0.6 is 11.6 Å². The highest BCUT2D eigenvalue weighted by atomic mass is 35.5. The van der Waals surface area contributed by atoms with Crippen molar-refractivity contribution >= 4 is 23.6 Å². The fourth-order valence-electron chi connectivity index (χ4n) is 2.21. The smallest absolute Gasteiger partial charge is 0.504 e. The van der Waals surface area contributed by atoms with E-state index in [0.29, 0.717) is 0 Å². The fraction of sp³-hybridized carbons (Fsp3) is 0.294. The Balaban J connectivity index is 2.43. The standard InChI is InChI=1S/C17H16ClF3N2O4/c1-3-26-16(24)14-12(8-9-25-2)15(18)23(22-14)10-11-6-4-5-7-13(11)27-17(19,20)21/h4-9H,3,10H2,1-2H3/b9-8+. The molecule has 0 saturated heterocycles. The van der Waals surface area contributed by atoms with Gasteiger partial charge in [0.05, 0.1) is 26.5 Å². The molecule has 0 bridgehead atoms. The number of ether oxygens (including phenoxy) is 3. The summed E-state index contributed by atoms with van der Waals surface area (Å²) in [5.74, 6) is -1.10. The van der Waals surface area contributed by atoms with Crippen molar-refractivity contribution in [3.05, 3.63) is 52.5 Å². The van der Waals surface area contributed by atoms with Crippen LogP contribution in [0.1, 0.15) is 28.5 Å². The summed E-state index contributed by atoms with van der Waals surface area (Å²) in [5, 5.41) is 4.12. The molecule has 0 amide bonds. The molecular weight excluding hydrogens is 389 g/mol. The van der Waals surface area contributed by atoms with Crippen LogP contribution < -0.4 is 4.74 Å². The Morgan fingerprint density at radius 2 is 2.04 bits per heavy atom. The maximum atomic E-state index is 12.6. The summed E-state index contributed by atoms with van der Waals surface area (Å²) < 4.78 is 52.7. The van der Waals surface area contributed by atoms with E-state index in [9.17, 15) is 18.0 Å². The van der Waals surface area contributed by atoms with E-state index in [2.05, 4.69) is 9.84 Å². The van der Waals surface area contributed by atoms with Gasteiger partial charge < -0.3 is 14.2 Å². The molecule has 0 saturated carbocycles. The first-order valence-electron chi connectivity index (χ1n) is 7.73. The second kappa shape index (κ2) is 8.81. The number of nitrogens with zero attached hydrogens (tertiary/aromatic N) is 2. The van der Waals surface area contributed by atoms with Gasteiger partial charge in [-0.2, -0.15) is 5.10 Å². The van der Waals surface area contributed by atoms with Crippen molar-refractivity contribution in [2.75, 3.05) is 13.7 Å². The van der Waals surface area contributed by atoms with Crippen LogP contribution in [0.25, 0.3) is 6.08 Å². The van der Waals surface area contributed by atoms with Gasteiger partial charge in [-0.25, -0.2) is 9.48 Å². The van der Waals surface area contributed by atoms with Crippen LogP contribution in [0, 0.1) is 0 Å². The zero-order chi connectivity index (χ0) is 20.0. The van der Waals surface area contributed by atoms with Gasteiger partial charge in [-0.3, -0.25) is 0 Å². The molecule has 0 aliphatic carbocycles. The zero-order valence-electron chi connectivity index (χ0n) is 14.4. The van der Waals surface area contributed by atoms with Gasteiger partial charge in [0, 0.05) is 11.1 Å². The second-order valence-corrected chi connectivity index (χ2v) is 5.48. The third-order valence-electron chi connectivity index (χ3n) is 3.28. The zero-order valence-corrected chi connectivity index (χ0v) is 15.2. The minimum atomic E-state index is -4.84. The first-order valence-corrected chi connectivity index (χ1v) is 8.11. The number of aromatic nitrogens is 2. The highest BCUT2D eigenvalue weighted by Gasteiger charge is 2.32. The van der Waals surface area contributed by atoms with Crippen LogP contribution in [0.3, 0.4) is 0 Å². The molecule has 10 heteroatoms. The van der Waals surface area contributed by atoms with Gasteiger partial charge in [-0.1, -0.05) is 29.8 Å². The lowest BCUT2D eigenvalue weighted by Crippen LogP contribution is -2.18. The highest BCUT2D eigenvalue weighted by molar-refractivity contribution is 6.31. The third kappa shape index (κ3) is 5.40. The van der Waals surface area contributed by atoms with Crippen molar-refractivity contribution < 1.29 is 32.2 Å². The molecule has 0 atom stereocenters. The molecule has 0 fully saturated rings. The molecule has 0 aliphatic rings. The minimum Gasteiger partial charge on any atom is -0.504 e. The molecule has 0 N–H and O–H groups in total. The number of hydrogen-bond donors (Lipinski definition) is 0. The van der Waals surface area contributed by atoms with Crippen LogP contribution in [0.5, 0.6) is 5.75 Å². The molecule has 0 radical (unpaired) electrons. The van der Waals surface area contributed by atoms with Gasteiger partial charge >= 0.3 is 12.3 Å². The summed E-state index contributed by atoms with van der Waals surface area (Å²) in [6, 6.07) is 5.58. The number of hydrogen-bond acceptors (Lipinski definition) is 5. The number of alkyl halides is 3. The number of benzene rings is 1. The average molecular weight is 405 g/mol. The predicted octanol–water partition coefficient (Wildman–Crippen LogP) is 4.28. The SMILES string of the molecule is CCOC(=O)c1nn(Cc2ccccc2OC(F)(F)F)c(Cl)c1/C=C/OC. The summed E-state index contributed by atoms with van der Waals surface area (Å²) in [7, 11) is 1.41. The maximum Gasteiger partial charge on any atom is 0.573 e. The molecule has 1 aromatic heterocycles. The number of methoxy groups -OCH3 is 1. The average Bonchev–Trinajstić information content (AvgIpc) is 2.90. The van der Waals surface area contributed by atoms with Gasteiger partial charge in [-0.05, 0) is 19.1 Å². The Bertz CT molecular complexity index is 834. The molecule has 146 valence electrons. The van der Waals surface area contributed by atoms with E-state index in [1.807, 2.05) is 0 Å². The Labute approximate surface area is 158 Å². The summed E-state index contributed by atoms with van der Waals surface area (Å²) in [6.45, 7) is 1.60. The van der Waals surface area contributed by atoms with Gasteiger partial charge in [0.25, 0.3) is 0 Å². The van der Waals surface area contributed by atoms with Crippen LogP contribution in [0.15, 0.2) is 30.5 Å². The second-order valence-electron chi connectivity index (χ2n) is 5.13. The van der Waals surface area contributed by atoms with Crippen molar-refractivity contribution in [1.29, 1.82) is 0 Å². The number of carbonyl (C=O) groups is 1. The van der Waals surface area contributed by atoms with Crippen molar-refractivity contribution in [3.8, 4) is 5.75 Å². The lowest BCUT2D eigenvalue weighted by Gasteiger charge is -2.13. The van der Waals surface area contributed by atoms with Crippen molar-refractivity contribution in [2.45, 2.75) is 19.8 Å². The maximum absolute atomic E-state index is 12.6. The van der Waals surface area contributed by atoms with E-state index in [4.69, 9.17) is 21.1 Å². The first-order chi connectivity index (χ1) is 12.8. The molecule has 27 heavy (non-hydrogen) atoms. The number of rotatable bonds is 7. The highest BCUT2D eigenvalue weighted by Crippen LogP contribution is 2.29. The van der Waals surface area contributed by atoms with Crippen molar-refractivity contribution in [3.63, 3.8) is 0 Å². The van der Waals surface area contributed by atoms with Gasteiger partial charge in [-0.15, -0.1) is 13.2 Å². The van der Waals surface area contributed by atoms with Gasteiger partial charge in [0.2, 0.25) is 0 Å². The predicted molar refractivity (Wildman–Crippen MR) is 91.5 cm³/mol. The van der Waals surface area contributed by atoms with E-state index >= 15 is 0 Å².